The number of hydrogen-bond donors (Lipinski definition) is 3. The molecule has 0 aromatic rings. The molecule has 50 heavy (non-hydrogen) atoms. The van der Waals surface area contributed by atoms with Crippen LogP contribution in [0, 0.1) is 0 Å². The molecule has 1 amide bonds. The minimum absolute atomic E-state index is 0.0539. The summed E-state index contributed by atoms with van der Waals surface area (Å²) in [7, 11) is 0. The Hall–Kier alpha value is -2.69. The highest BCUT2D eigenvalue weighted by atomic mass is 16.3. The van der Waals surface area contributed by atoms with Crippen LogP contribution in [-0.4, -0.2) is 34.9 Å². The third kappa shape index (κ3) is 36.6. The van der Waals surface area contributed by atoms with E-state index in [2.05, 4.69) is 116 Å². The van der Waals surface area contributed by atoms with Crippen LogP contribution in [0.1, 0.15) is 168 Å². The Balaban J connectivity index is 3.53. The molecule has 0 fully saturated rings. The Morgan fingerprint density at radius 1 is 0.500 bits per heavy atom. The van der Waals surface area contributed by atoms with Crippen molar-refractivity contribution in [2.75, 3.05) is 6.61 Å². The SMILES string of the molecule is CC/C=C\C/C=C\C/C=C\C/C=C\C/C=C\C/C=C\C/C=C\C/C=C\CCCCCCCCCCCCC(=O)NC(CO)C(O)CCCCC. The first kappa shape index (κ1) is 47.3. The molecule has 0 spiro atoms. The van der Waals surface area contributed by atoms with Crippen LogP contribution in [0.2, 0.25) is 0 Å². The predicted molar refractivity (Wildman–Crippen MR) is 220 cm³/mol. The van der Waals surface area contributed by atoms with E-state index in [1.165, 1.54) is 57.8 Å². The van der Waals surface area contributed by atoms with E-state index in [0.29, 0.717) is 12.8 Å². The number of rotatable bonds is 35. The van der Waals surface area contributed by atoms with E-state index in [9.17, 15) is 15.0 Å². The monoisotopic (exact) mass is 692 g/mol. The van der Waals surface area contributed by atoms with Gasteiger partial charge in [0.2, 0.25) is 5.91 Å². The van der Waals surface area contributed by atoms with Gasteiger partial charge in [-0.1, -0.05) is 182 Å². The largest absolute Gasteiger partial charge is 0.394 e. The Kier molecular flexibility index (Phi) is 38.5. The lowest BCUT2D eigenvalue weighted by molar-refractivity contribution is -0.123. The molecule has 0 aromatic carbocycles. The molecular formula is C46H77NO3. The topological polar surface area (TPSA) is 69.6 Å². The normalized spacial score (nSPS) is 14.1. The second-order valence-corrected chi connectivity index (χ2v) is 13.3. The average molecular weight is 692 g/mol. The molecule has 0 aliphatic carbocycles. The molecular weight excluding hydrogens is 615 g/mol. The maximum absolute atomic E-state index is 12.2. The molecule has 0 saturated carbocycles. The zero-order chi connectivity index (χ0) is 36.4. The van der Waals surface area contributed by atoms with Gasteiger partial charge >= 0.3 is 0 Å². The first-order chi connectivity index (χ1) is 24.7. The zero-order valence-corrected chi connectivity index (χ0v) is 32.4. The Bertz CT molecular complexity index is 968. The van der Waals surface area contributed by atoms with Crippen LogP contribution in [0.25, 0.3) is 0 Å². The van der Waals surface area contributed by atoms with E-state index in [0.717, 1.165) is 83.5 Å². The third-order valence-electron chi connectivity index (χ3n) is 8.61. The van der Waals surface area contributed by atoms with E-state index in [1.54, 1.807) is 0 Å². The summed E-state index contributed by atoms with van der Waals surface area (Å²) in [6.45, 7) is 4.08. The molecule has 0 aromatic heterocycles. The van der Waals surface area contributed by atoms with Gasteiger partial charge in [-0.3, -0.25) is 4.79 Å². The highest BCUT2D eigenvalue weighted by molar-refractivity contribution is 5.76. The summed E-state index contributed by atoms with van der Waals surface area (Å²) in [5.41, 5.74) is 0. The van der Waals surface area contributed by atoms with Gasteiger partial charge in [0.25, 0.3) is 0 Å². The average Bonchev–Trinajstić information content (AvgIpc) is 3.12. The number of aliphatic hydroxyl groups excluding tert-OH is 2. The molecule has 0 heterocycles. The first-order valence-corrected chi connectivity index (χ1v) is 20.4. The van der Waals surface area contributed by atoms with Crippen LogP contribution >= 0.6 is 0 Å². The molecule has 0 aliphatic heterocycles. The lowest BCUT2D eigenvalue weighted by Crippen LogP contribution is -2.45. The summed E-state index contributed by atoms with van der Waals surface area (Å²) < 4.78 is 0. The van der Waals surface area contributed by atoms with Crippen molar-refractivity contribution < 1.29 is 15.0 Å². The molecule has 3 N–H and O–H groups in total. The molecule has 0 aliphatic rings. The van der Waals surface area contributed by atoms with Crippen molar-refractivity contribution >= 4 is 5.91 Å². The van der Waals surface area contributed by atoms with Gasteiger partial charge in [0, 0.05) is 6.42 Å². The lowest BCUT2D eigenvalue weighted by atomic mass is 10.0. The van der Waals surface area contributed by atoms with Gasteiger partial charge in [0.15, 0.2) is 0 Å². The summed E-state index contributed by atoms with van der Waals surface area (Å²) in [6, 6.07) is -0.539. The van der Waals surface area contributed by atoms with Crippen LogP contribution in [-0.2, 0) is 4.79 Å². The van der Waals surface area contributed by atoms with Crippen molar-refractivity contribution in [1.29, 1.82) is 0 Å². The van der Waals surface area contributed by atoms with Gasteiger partial charge in [-0.15, -0.1) is 0 Å². The number of nitrogens with one attached hydrogen (secondary N) is 1. The van der Waals surface area contributed by atoms with Crippen molar-refractivity contribution in [2.45, 2.75) is 180 Å². The fraction of sp³-hybridized carbons (Fsp3) is 0.630. The molecule has 4 nitrogen and oxygen atoms in total. The lowest BCUT2D eigenvalue weighted by Gasteiger charge is -2.22. The Labute approximate surface area is 309 Å². The predicted octanol–water partition coefficient (Wildman–Crippen LogP) is 12.7. The minimum atomic E-state index is -0.662. The molecule has 4 heteroatoms. The van der Waals surface area contributed by atoms with Crippen molar-refractivity contribution in [2.24, 2.45) is 0 Å². The van der Waals surface area contributed by atoms with Gasteiger partial charge in [0.1, 0.15) is 0 Å². The zero-order valence-electron chi connectivity index (χ0n) is 32.4. The van der Waals surface area contributed by atoms with Crippen molar-refractivity contribution in [3.05, 3.63) is 97.2 Å². The second kappa shape index (κ2) is 40.7. The number of carbonyl (C=O) groups excluding carboxylic acids is 1. The standard InChI is InChI=1S/C46H77NO3/c1-3-5-7-8-9-10-11-12-13-14-15-16-17-18-19-20-21-22-23-24-25-26-27-28-29-30-31-32-33-34-35-36-37-38-40-42-46(50)47-44(43-48)45(49)41-39-6-4-2/h5,7,9-10,12-13,15-16,18-19,21-22,24-25,27-28,44-45,48-49H,3-4,6,8,11,14,17,20,23,26,29-43H2,1-2H3,(H,47,50)/b7-5-,10-9-,13-12-,16-15-,19-18-,22-21-,25-24-,28-27-. The Morgan fingerprint density at radius 3 is 1.28 bits per heavy atom. The number of hydrogen-bond acceptors (Lipinski definition) is 3. The second-order valence-electron chi connectivity index (χ2n) is 13.3. The van der Waals surface area contributed by atoms with Gasteiger partial charge < -0.3 is 15.5 Å². The van der Waals surface area contributed by atoms with Gasteiger partial charge in [0.05, 0.1) is 18.8 Å². The summed E-state index contributed by atoms with van der Waals surface area (Å²) >= 11 is 0. The van der Waals surface area contributed by atoms with Gasteiger partial charge in [-0.05, 0) is 77.0 Å². The molecule has 284 valence electrons. The fourth-order valence-electron chi connectivity index (χ4n) is 5.49. The van der Waals surface area contributed by atoms with Crippen molar-refractivity contribution in [3.8, 4) is 0 Å². The van der Waals surface area contributed by atoms with E-state index in [1.807, 2.05) is 0 Å². The van der Waals surface area contributed by atoms with Crippen LogP contribution in [0.5, 0.6) is 0 Å². The number of amides is 1. The Morgan fingerprint density at radius 2 is 0.880 bits per heavy atom. The number of allylic oxidation sites excluding steroid dienone is 16. The minimum Gasteiger partial charge on any atom is -0.394 e. The maximum atomic E-state index is 12.2. The third-order valence-corrected chi connectivity index (χ3v) is 8.61. The fourth-order valence-corrected chi connectivity index (χ4v) is 5.49. The summed E-state index contributed by atoms with van der Waals surface area (Å²) in [5, 5.41) is 22.5. The molecule has 0 saturated heterocycles. The molecule has 2 atom stereocenters. The summed E-state index contributed by atoms with van der Waals surface area (Å²) in [5.74, 6) is -0.0539. The van der Waals surface area contributed by atoms with Crippen LogP contribution < -0.4 is 5.32 Å². The van der Waals surface area contributed by atoms with E-state index in [-0.39, 0.29) is 12.5 Å². The summed E-state index contributed by atoms with van der Waals surface area (Å²) in [6.07, 6.45) is 61.1. The van der Waals surface area contributed by atoms with Crippen LogP contribution in [0.3, 0.4) is 0 Å². The number of aliphatic hydroxyl groups is 2. The van der Waals surface area contributed by atoms with E-state index in [4.69, 9.17) is 0 Å². The number of unbranched alkanes of at least 4 members (excludes halogenated alkanes) is 12. The molecule has 0 bridgehead atoms. The van der Waals surface area contributed by atoms with Gasteiger partial charge in [-0.2, -0.15) is 0 Å². The van der Waals surface area contributed by atoms with Crippen molar-refractivity contribution in [1.82, 2.24) is 5.32 Å². The molecule has 0 radical (unpaired) electrons. The number of carbonyl (C=O) groups is 1. The molecule has 2 unspecified atom stereocenters. The highest BCUT2D eigenvalue weighted by Crippen LogP contribution is 2.13. The quantitative estimate of drug-likeness (QED) is 0.0458. The van der Waals surface area contributed by atoms with Gasteiger partial charge in [-0.25, -0.2) is 0 Å². The van der Waals surface area contributed by atoms with E-state index >= 15 is 0 Å². The van der Waals surface area contributed by atoms with Crippen LogP contribution in [0.4, 0.5) is 0 Å². The summed E-state index contributed by atoms with van der Waals surface area (Å²) in [4.78, 5) is 12.2. The first-order valence-electron chi connectivity index (χ1n) is 20.4. The van der Waals surface area contributed by atoms with Crippen LogP contribution in [0.15, 0.2) is 97.2 Å². The maximum Gasteiger partial charge on any atom is 0.220 e. The highest BCUT2D eigenvalue weighted by Gasteiger charge is 2.19. The van der Waals surface area contributed by atoms with Crippen molar-refractivity contribution in [3.63, 3.8) is 0 Å². The smallest absolute Gasteiger partial charge is 0.220 e. The van der Waals surface area contributed by atoms with E-state index < -0.39 is 12.1 Å². The molecule has 0 rings (SSSR count).